The lowest BCUT2D eigenvalue weighted by atomic mass is 10.0. The van der Waals surface area contributed by atoms with Gasteiger partial charge < -0.3 is 9.88 Å². The second-order valence-corrected chi connectivity index (χ2v) is 6.25. The van der Waals surface area contributed by atoms with Crippen molar-refractivity contribution in [3.05, 3.63) is 81.8 Å². The molecule has 1 amide bonds. The maximum absolute atomic E-state index is 13.1. The molecule has 2 aromatic carbocycles. The van der Waals surface area contributed by atoms with E-state index in [1.165, 1.54) is 17.3 Å². The van der Waals surface area contributed by atoms with Gasteiger partial charge in [-0.05, 0) is 30.0 Å². The van der Waals surface area contributed by atoms with Crippen LogP contribution in [0.4, 0.5) is 0 Å². The van der Waals surface area contributed by atoms with E-state index in [0.717, 1.165) is 12.8 Å². The van der Waals surface area contributed by atoms with Crippen LogP contribution in [0.1, 0.15) is 33.9 Å². The number of nitrogens with one attached hydrogen (secondary N) is 1. The summed E-state index contributed by atoms with van der Waals surface area (Å²) >= 11 is 0. The minimum absolute atomic E-state index is 0.0656. The van der Waals surface area contributed by atoms with Crippen molar-refractivity contribution in [3.8, 4) is 0 Å². The van der Waals surface area contributed by atoms with Crippen molar-refractivity contribution in [2.45, 2.75) is 18.9 Å². The third-order valence-corrected chi connectivity index (χ3v) is 4.93. The molecule has 0 spiro atoms. The van der Waals surface area contributed by atoms with E-state index in [2.05, 4.69) is 17.1 Å². The number of fused-ring (bicyclic) bond motifs is 2. The van der Waals surface area contributed by atoms with Crippen LogP contribution in [0.5, 0.6) is 0 Å². The fourth-order valence-electron chi connectivity index (χ4n) is 3.65. The summed E-state index contributed by atoms with van der Waals surface area (Å²) in [5.74, 6) is -0.0656. The van der Waals surface area contributed by atoms with Crippen LogP contribution < -0.4 is 5.56 Å². The molecule has 1 N–H and O–H groups in total. The number of aryl methyl sites for hydroxylation is 1. The zero-order valence-electron chi connectivity index (χ0n) is 13.5. The first-order chi connectivity index (χ1) is 11.7. The van der Waals surface area contributed by atoms with Gasteiger partial charge in [0.2, 0.25) is 0 Å². The van der Waals surface area contributed by atoms with Crippen LogP contribution in [0.3, 0.4) is 0 Å². The van der Waals surface area contributed by atoms with Crippen molar-refractivity contribution in [2.75, 3.05) is 7.05 Å². The van der Waals surface area contributed by atoms with Gasteiger partial charge in [0.25, 0.3) is 11.5 Å². The van der Waals surface area contributed by atoms with Crippen LogP contribution in [0, 0.1) is 0 Å². The molecule has 0 fully saturated rings. The van der Waals surface area contributed by atoms with Gasteiger partial charge in [0.05, 0.1) is 11.6 Å². The van der Waals surface area contributed by atoms with Gasteiger partial charge in [0, 0.05) is 24.0 Å². The summed E-state index contributed by atoms with van der Waals surface area (Å²) in [4.78, 5) is 29.5. The summed E-state index contributed by atoms with van der Waals surface area (Å²) in [6.07, 6.45) is 3.46. The Labute approximate surface area is 139 Å². The number of H-pyrrole nitrogens is 1. The lowest BCUT2D eigenvalue weighted by Crippen LogP contribution is -2.30. The number of rotatable bonds is 2. The van der Waals surface area contributed by atoms with Gasteiger partial charge >= 0.3 is 0 Å². The second kappa shape index (κ2) is 5.64. The Morgan fingerprint density at radius 2 is 1.79 bits per heavy atom. The average molecular weight is 318 g/mol. The van der Waals surface area contributed by atoms with Gasteiger partial charge in [-0.25, -0.2) is 0 Å². The summed E-state index contributed by atoms with van der Waals surface area (Å²) in [7, 11) is 1.84. The largest absolute Gasteiger partial charge is 0.335 e. The Balaban J connectivity index is 1.75. The Bertz CT molecular complexity index is 990. The number of amides is 1. The van der Waals surface area contributed by atoms with Crippen molar-refractivity contribution in [1.29, 1.82) is 0 Å². The van der Waals surface area contributed by atoms with Crippen molar-refractivity contribution in [2.24, 2.45) is 0 Å². The normalized spacial score (nSPS) is 16.1. The van der Waals surface area contributed by atoms with Crippen LogP contribution in [-0.2, 0) is 6.42 Å². The first-order valence-corrected chi connectivity index (χ1v) is 8.12. The second-order valence-electron chi connectivity index (χ2n) is 6.25. The molecule has 1 atom stereocenters. The number of nitrogens with zero attached hydrogens (tertiary/aromatic N) is 1. The Hall–Kier alpha value is -2.88. The fourth-order valence-corrected chi connectivity index (χ4v) is 3.65. The molecule has 1 aliphatic rings. The molecule has 1 aromatic heterocycles. The number of pyridine rings is 1. The highest BCUT2D eigenvalue weighted by molar-refractivity contribution is 6.06. The zero-order chi connectivity index (χ0) is 16.7. The zero-order valence-corrected chi connectivity index (χ0v) is 13.5. The molecule has 24 heavy (non-hydrogen) atoms. The van der Waals surface area contributed by atoms with E-state index in [-0.39, 0.29) is 17.5 Å². The molecule has 4 rings (SSSR count). The number of aromatic nitrogens is 1. The Morgan fingerprint density at radius 1 is 1.08 bits per heavy atom. The summed E-state index contributed by atoms with van der Waals surface area (Å²) in [6.45, 7) is 0. The van der Waals surface area contributed by atoms with Crippen LogP contribution in [-0.4, -0.2) is 22.8 Å². The van der Waals surface area contributed by atoms with Gasteiger partial charge in [-0.2, -0.15) is 0 Å². The molecule has 0 saturated carbocycles. The molecule has 1 aliphatic carbocycles. The minimum atomic E-state index is -0.170. The summed E-state index contributed by atoms with van der Waals surface area (Å²) in [5.41, 5.74) is 2.91. The molecule has 1 heterocycles. The van der Waals surface area contributed by atoms with E-state index < -0.39 is 0 Å². The molecular formula is C20H18N2O2. The first-order valence-electron chi connectivity index (χ1n) is 8.12. The molecule has 0 bridgehead atoms. The highest BCUT2D eigenvalue weighted by atomic mass is 16.2. The van der Waals surface area contributed by atoms with Crippen LogP contribution in [0.25, 0.3) is 10.8 Å². The van der Waals surface area contributed by atoms with E-state index in [4.69, 9.17) is 0 Å². The minimum Gasteiger partial charge on any atom is -0.335 e. The predicted octanol–water partition coefficient (Wildman–Crippen LogP) is 3.29. The summed E-state index contributed by atoms with van der Waals surface area (Å²) in [5, 5.41) is 1.24. The quantitative estimate of drug-likeness (QED) is 0.788. The van der Waals surface area contributed by atoms with Crippen molar-refractivity contribution >= 4 is 16.7 Å². The Kier molecular flexibility index (Phi) is 3.45. The number of hydrogen-bond acceptors (Lipinski definition) is 2. The average Bonchev–Trinajstić information content (AvgIpc) is 3.05. The number of benzene rings is 2. The molecular weight excluding hydrogens is 300 g/mol. The van der Waals surface area contributed by atoms with Crippen molar-refractivity contribution < 1.29 is 4.79 Å². The van der Waals surface area contributed by atoms with E-state index in [0.29, 0.717) is 16.3 Å². The molecule has 0 saturated heterocycles. The van der Waals surface area contributed by atoms with Crippen LogP contribution in [0.15, 0.2) is 59.5 Å². The molecule has 0 unspecified atom stereocenters. The van der Waals surface area contributed by atoms with E-state index >= 15 is 0 Å². The maximum Gasteiger partial charge on any atom is 0.256 e. The summed E-state index contributed by atoms with van der Waals surface area (Å²) in [6, 6.07) is 15.6. The monoisotopic (exact) mass is 318 g/mol. The van der Waals surface area contributed by atoms with Crippen LogP contribution in [0.2, 0.25) is 0 Å². The number of hydrogen-bond donors (Lipinski definition) is 1. The first kappa shape index (κ1) is 14.7. The molecule has 3 aromatic rings. The van der Waals surface area contributed by atoms with Gasteiger partial charge in [-0.3, -0.25) is 9.59 Å². The van der Waals surface area contributed by atoms with Gasteiger partial charge in [0.15, 0.2) is 0 Å². The Morgan fingerprint density at radius 3 is 2.62 bits per heavy atom. The molecule has 4 heteroatoms. The lowest BCUT2D eigenvalue weighted by molar-refractivity contribution is 0.0732. The number of carbonyl (C=O) groups is 1. The van der Waals surface area contributed by atoms with E-state index in [1.54, 1.807) is 11.0 Å². The van der Waals surface area contributed by atoms with E-state index in [1.807, 2.05) is 37.4 Å². The summed E-state index contributed by atoms with van der Waals surface area (Å²) < 4.78 is 0. The third-order valence-electron chi connectivity index (χ3n) is 4.93. The third kappa shape index (κ3) is 2.22. The highest BCUT2D eigenvalue weighted by Crippen LogP contribution is 2.35. The smallest absolute Gasteiger partial charge is 0.256 e. The highest BCUT2D eigenvalue weighted by Gasteiger charge is 2.29. The lowest BCUT2D eigenvalue weighted by Gasteiger charge is -2.26. The fraction of sp³-hybridized carbons (Fsp3) is 0.200. The van der Waals surface area contributed by atoms with Gasteiger partial charge in [0.1, 0.15) is 0 Å². The SMILES string of the molecule is CN(C(=O)c1c[nH]c(=O)c2ccccc12)[C@@H]1CCc2ccccc21. The topological polar surface area (TPSA) is 53.2 Å². The molecule has 120 valence electrons. The van der Waals surface area contributed by atoms with Crippen molar-refractivity contribution in [1.82, 2.24) is 9.88 Å². The van der Waals surface area contributed by atoms with Gasteiger partial charge in [-0.15, -0.1) is 0 Å². The van der Waals surface area contributed by atoms with Gasteiger partial charge in [-0.1, -0.05) is 42.5 Å². The molecule has 0 radical (unpaired) electrons. The maximum atomic E-state index is 13.1. The molecule has 0 aliphatic heterocycles. The number of carbonyl (C=O) groups excluding carboxylic acids is 1. The number of aromatic amines is 1. The van der Waals surface area contributed by atoms with Crippen LogP contribution >= 0.6 is 0 Å². The predicted molar refractivity (Wildman–Crippen MR) is 94.2 cm³/mol. The molecule has 4 nitrogen and oxygen atoms in total. The van der Waals surface area contributed by atoms with E-state index in [9.17, 15) is 9.59 Å². The standard InChI is InChI=1S/C20H18N2O2/c1-22(18-11-10-13-6-2-3-7-14(13)18)20(24)17-12-21-19(23)16-9-5-4-8-15(16)17/h2-9,12,18H,10-11H2,1H3,(H,21,23)/t18-/m1/s1. The van der Waals surface area contributed by atoms with Crippen molar-refractivity contribution in [3.63, 3.8) is 0 Å².